The van der Waals surface area contributed by atoms with Crippen molar-refractivity contribution in [1.29, 1.82) is 0 Å². The van der Waals surface area contributed by atoms with Gasteiger partial charge in [0.2, 0.25) is 0 Å². The molecule has 0 spiro atoms. The SMILES string of the molecule is CCCCCC(=O)OCc1c([C@@](O)(CC)C(=O)NC(C)C)cc2n(c1=O)Cc1cc3ccccc3nc1-2. The number of unbranched alkanes of at least 4 members (excludes halogenated alkanes) is 2. The molecule has 0 unspecified atom stereocenters. The van der Waals surface area contributed by atoms with Crippen molar-refractivity contribution in [2.45, 2.75) is 84.6 Å². The normalized spacial score (nSPS) is 13.8. The number of aromatic nitrogens is 2. The maximum atomic E-state index is 13.8. The summed E-state index contributed by atoms with van der Waals surface area (Å²) in [4.78, 5) is 44.2. The van der Waals surface area contributed by atoms with E-state index in [1.165, 1.54) is 0 Å². The van der Waals surface area contributed by atoms with Crippen LogP contribution in [0.2, 0.25) is 0 Å². The zero-order valence-electron chi connectivity index (χ0n) is 22.0. The van der Waals surface area contributed by atoms with Crippen LogP contribution in [0.4, 0.5) is 0 Å². The molecule has 3 aromatic rings. The van der Waals surface area contributed by atoms with Crippen LogP contribution < -0.4 is 10.9 Å². The van der Waals surface area contributed by atoms with Crippen molar-refractivity contribution >= 4 is 22.8 Å². The van der Waals surface area contributed by atoms with Crippen LogP contribution >= 0.6 is 0 Å². The van der Waals surface area contributed by atoms with Gasteiger partial charge in [-0.3, -0.25) is 14.4 Å². The number of esters is 1. The average molecular weight is 506 g/mol. The molecule has 0 radical (unpaired) electrons. The minimum Gasteiger partial charge on any atom is -0.461 e. The summed E-state index contributed by atoms with van der Waals surface area (Å²) >= 11 is 0. The van der Waals surface area contributed by atoms with Crippen LogP contribution in [0.5, 0.6) is 0 Å². The third-order valence-electron chi connectivity index (χ3n) is 6.89. The lowest BCUT2D eigenvalue weighted by Crippen LogP contribution is -2.48. The minimum absolute atomic E-state index is 0.0316. The number of nitrogens with one attached hydrogen (secondary N) is 1. The number of hydrogen-bond donors (Lipinski definition) is 2. The second-order valence-corrected chi connectivity index (χ2v) is 9.96. The number of para-hydroxylation sites is 1. The Hall–Kier alpha value is -3.52. The second kappa shape index (κ2) is 10.8. The van der Waals surface area contributed by atoms with Crippen molar-refractivity contribution in [3.05, 3.63) is 63.4 Å². The molecule has 1 atom stereocenters. The fourth-order valence-electron chi connectivity index (χ4n) is 4.82. The molecule has 0 saturated heterocycles. The molecule has 3 heterocycles. The number of hydrogen-bond acceptors (Lipinski definition) is 6. The van der Waals surface area contributed by atoms with Crippen LogP contribution in [-0.4, -0.2) is 32.6 Å². The lowest BCUT2D eigenvalue weighted by atomic mass is 9.86. The highest BCUT2D eigenvalue weighted by Crippen LogP contribution is 2.36. The van der Waals surface area contributed by atoms with E-state index in [2.05, 4.69) is 5.32 Å². The zero-order valence-corrected chi connectivity index (χ0v) is 22.0. The first-order valence-electron chi connectivity index (χ1n) is 13.0. The zero-order chi connectivity index (χ0) is 26.7. The van der Waals surface area contributed by atoms with Crippen LogP contribution in [0.15, 0.2) is 41.2 Å². The molecule has 8 heteroatoms. The van der Waals surface area contributed by atoms with Gasteiger partial charge in [-0.25, -0.2) is 4.98 Å². The first-order chi connectivity index (χ1) is 17.7. The first kappa shape index (κ1) is 26.5. The highest BCUT2D eigenvalue weighted by atomic mass is 16.5. The summed E-state index contributed by atoms with van der Waals surface area (Å²) in [6.07, 6.45) is 2.87. The largest absolute Gasteiger partial charge is 0.461 e. The summed E-state index contributed by atoms with van der Waals surface area (Å²) in [5.74, 6) is -1.01. The third kappa shape index (κ3) is 5.16. The summed E-state index contributed by atoms with van der Waals surface area (Å²) in [6, 6.07) is 11.2. The Bertz CT molecular complexity index is 1390. The van der Waals surface area contributed by atoms with E-state index < -0.39 is 23.0 Å². The first-order valence-corrected chi connectivity index (χ1v) is 13.0. The number of nitrogens with zero attached hydrogens (tertiary/aromatic N) is 2. The highest BCUT2D eigenvalue weighted by Gasteiger charge is 2.41. The van der Waals surface area contributed by atoms with Gasteiger partial charge in [0, 0.05) is 29.0 Å². The smallest absolute Gasteiger partial charge is 0.306 e. The Morgan fingerprint density at radius 2 is 1.95 bits per heavy atom. The fourth-order valence-corrected chi connectivity index (χ4v) is 4.82. The van der Waals surface area contributed by atoms with E-state index in [9.17, 15) is 19.5 Å². The molecule has 0 fully saturated rings. The maximum absolute atomic E-state index is 13.8. The Balaban J connectivity index is 1.83. The van der Waals surface area contributed by atoms with Gasteiger partial charge in [0.1, 0.15) is 6.61 Å². The van der Waals surface area contributed by atoms with Crippen molar-refractivity contribution < 1.29 is 19.4 Å². The topological polar surface area (TPSA) is 111 Å². The van der Waals surface area contributed by atoms with E-state index in [0.29, 0.717) is 24.4 Å². The minimum atomic E-state index is -1.98. The van der Waals surface area contributed by atoms with Crippen LogP contribution in [0.25, 0.3) is 22.3 Å². The lowest BCUT2D eigenvalue weighted by Gasteiger charge is -2.29. The Labute approximate surface area is 216 Å². The van der Waals surface area contributed by atoms with Crippen LogP contribution in [0.3, 0.4) is 0 Å². The predicted octanol–water partition coefficient (Wildman–Crippen LogP) is 4.17. The van der Waals surface area contributed by atoms with Crippen molar-refractivity contribution in [3.8, 4) is 11.4 Å². The van der Waals surface area contributed by atoms with Crippen LogP contribution in [0, 0.1) is 0 Å². The summed E-state index contributed by atoms with van der Waals surface area (Å²) < 4.78 is 7.07. The van der Waals surface area contributed by atoms with Crippen LogP contribution in [-0.2, 0) is 33.1 Å². The molecule has 8 nitrogen and oxygen atoms in total. The van der Waals surface area contributed by atoms with Gasteiger partial charge in [-0.05, 0) is 44.9 Å². The van der Waals surface area contributed by atoms with Crippen molar-refractivity contribution in [2.75, 3.05) is 0 Å². The average Bonchev–Trinajstić information content (AvgIpc) is 3.23. The number of amides is 1. The monoisotopic (exact) mass is 505 g/mol. The fraction of sp³-hybridized carbons (Fsp3) is 0.448. The Kier molecular flexibility index (Phi) is 7.78. The molecular formula is C29H35N3O5. The standard InChI is InChI=1S/C29H35N3O5/c1-5-7-8-13-25(33)37-17-21-22(29(36,6-2)28(35)30-18(3)4)15-24-26-20(16-32(24)27(21)34)14-19-11-9-10-12-23(19)31-26/h9-12,14-15,18,36H,5-8,13,16-17H2,1-4H3,(H,30,35)/t29-/m0/s1. The molecule has 0 saturated carbocycles. The lowest BCUT2D eigenvalue weighted by molar-refractivity contribution is -0.145. The van der Waals surface area contributed by atoms with E-state index in [0.717, 1.165) is 29.3 Å². The molecule has 1 aliphatic rings. The third-order valence-corrected chi connectivity index (χ3v) is 6.89. The van der Waals surface area contributed by atoms with E-state index in [1.807, 2.05) is 37.3 Å². The number of pyridine rings is 2. The van der Waals surface area contributed by atoms with Gasteiger partial charge in [-0.1, -0.05) is 44.9 Å². The number of benzene rings is 1. The molecular weight excluding hydrogens is 470 g/mol. The van der Waals surface area contributed by atoms with Crippen LogP contribution in [0.1, 0.15) is 76.5 Å². The Morgan fingerprint density at radius 1 is 1.19 bits per heavy atom. The molecule has 2 N–H and O–H groups in total. The van der Waals surface area contributed by atoms with Crippen molar-refractivity contribution in [2.24, 2.45) is 0 Å². The predicted molar refractivity (Wildman–Crippen MR) is 142 cm³/mol. The number of rotatable bonds is 10. The summed E-state index contributed by atoms with van der Waals surface area (Å²) in [6.45, 7) is 7.33. The van der Waals surface area contributed by atoms with E-state index in [1.54, 1.807) is 31.4 Å². The molecule has 4 rings (SSSR count). The number of aliphatic hydroxyl groups is 1. The number of carbonyl (C=O) groups excluding carboxylic acids is 2. The summed E-state index contributed by atoms with van der Waals surface area (Å²) in [5, 5.41) is 15.4. The molecule has 1 amide bonds. The highest BCUT2D eigenvalue weighted by molar-refractivity contribution is 5.88. The van der Waals surface area contributed by atoms with E-state index in [4.69, 9.17) is 9.72 Å². The molecule has 37 heavy (non-hydrogen) atoms. The van der Waals surface area contributed by atoms with E-state index in [-0.39, 0.29) is 36.6 Å². The number of ether oxygens (including phenoxy) is 1. The van der Waals surface area contributed by atoms with Gasteiger partial charge in [0.15, 0.2) is 5.60 Å². The summed E-state index contributed by atoms with van der Waals surface area (Å²) in [5.41, 5.74) is 0.703. The quantitative estimate of drug-likeness (QED) is 0.247. The molecule has 196 valence electrons. The van der Waals surface area contributed by atoms with Gasteiger partial charge < -0.3 is 19.7 Å². The Morgan fingerprint density at radius 3 is 2.65 bits per heavy atom. The van der Waals surface area contributed by atoms with Gasteiger partial charge in [0.05, 0.1) is 29.0 Å². The van der Waals surface area contributed by atoms with Crippen molar-refractivity contribution in [1.82, 2.24) is 14.9 Å². The molecule has 1 aliphatic heterocycles. The van der Waals surface area contributed by atoms with Gasteiger partial charge in [-0.2, -0.15) is 0 Å². The maximum Gasteiger partial charge on any atom is 0.306 e. The van der Waals surface area contributed by atoms with Gasteiger partial charge >= 0.3 is 5.97 Å². The van der Waals surface area contributed by atoms with Gasteiger partial charge in [-0.15, -0.1) is 0 Å². The molecule has 2 aromatic heterocycles. The molecule has 0 aliphatic carbocycles. The van der Waals surface area contributed by atoms with Gasteiger partial charge in [0.25, 0.3) is 11.5 Å². The second-order valence-electron chi connectivity index (χ2n) is 9.96. The molecule has 0 bridgehead atoms. The van der Waals surface area contributed by atoms with E-state index >= 15 is 0 Å². The van der Waals surface area contributed by atoms with Crippen molar-refractivity contribution in [3.63, 3.8) is 0 Å². The summed E-state index contributed by atoms with van der Waals surface area (Å²) in [7, 11) is 0. The molecule has 1 aromatic carbocycles. The number of fused-ring (bicyclic) bond motifs is 4. The number of carbonyl (C=O) groups is 2.